The Morgan fingerprint density at radius 1 is 1.47 bits per heavy atom. The Morgan fingerprint density at radius 3 is 2.82 bits per heavy atom. The van der Waals surface area contributed by atoms with Crippen molar-refractivity contribution in [1.82, 2.24) is 9.97 Å². The molecule has 0 bridgehead atoms. The molecule has 7 heteroatoms. The minimum absolute atomic E-state index is 0.278. The monoisotopic (exact) mass is 246 g/mol. The first-order chi connectivity index (χ1) is 8.17. The van der Waals surface area contributed by atoms with Crippen LogP contribution >= 0.6 is 0 Å². The number of rotatable bonds is 7. The van der Waals surface area contributed by atoms with Gasteiger partial charge in [0.1, 0.15) is 12.1 Å². The quantitative estimate of drug-likeness (QED) is 0.774. The summed E-state index contributed by atoms with van der Waals surface area (Å²) >= 11 is 0. The number of nitrogens with zero attached hydrogens (tertiary/aromatic N) is 3. The number of nitrogens with two attached hydrogens (primary N) is 1. The predicted molar refractivity (Wildman–Crippen MR) is 60.5 cm³/mol. The second-order valence-corrected chi connectivity index (χ2v) is 3.27. The minimum Gasteiger partial charge on any atom is -0.478 e. The maximum atomic E-state index is 12.4. The summed E-state index contributed by atoms with van der Waals surface area (Å²) in [6, 6.07) is 1.53. The third-order valence-corrected chi connectivity index (χ3v) is 2.00. The van der Waals surface area contributed by atoms with Crippen LogP contribution in [0.4, 0.5) is 14.6 Å². The van der Waals surface area contributed by atoms with Crippen molar-refractivity contribution in [2.75, 3.05) is 31.1 Å². The predicted octanol–water partition coefficient (Wildman–Crippen LogP) is 0.906. The van der Waals surface area contributed by atoms with Crippen molar-refractivity contribution < 1.29 is 13.5 Å². The van der Waals surface area contributed by atoms with Gasteiger partial charge in [0.15, 0.2) is 0 Å². The highest BCUT2D eigenvalue weighted by Gasteiger charge is 2.14. The van der Waals surface area contributed by atoms with E-state index in [1.54, 1.807) is 0 Å². The van der Waals surface area contributed by atoms with Gasteiger partial charge in [-0.2, -0.15) is 0 Å². The minimum atomic E-state index is -2.44. The van der Waals surface area contributed by atoms with Crippen molar-refractivity contribution in [3.8, 4) is 5.88 Å². The second-order valence-electron chi connectivity index (χ2n) is 3.27. The van der Waals surface area contributed by atoms with Crippen LogP contribution in [0.2, 0.25) is 0 Å². The number of alkyl halides is 2. The normalized spacial score (nSPS) is 10.6. The van der Waals surface area contributed by atoms with E-state index in [2.05, 4.69) is 9.97 Å². The van der Waals surface area contributed by atoms with Crippen molar-refractivity contribution in [2.45, 2.75) is 13.3 Å². The summed E-state index contributed by atoms with van der Waals surface area (Å²) in [5.41, 5.74) is 5.38. The lowest BCUT2D eigenvalue weighted by Crippen LogP contribution is -2.34. The molecule has 1 aromatic rings. The molecule has 0 saturated heterocycles. The van der Waals surface area contributed by atoms with E-state index >= 15 is 0 Å². The van der Waals surface area contributed by atoms with Crippen molar-refractivity contribution in [2.24, 2.45) is 5.73 Å². The molecule has 0 fully saturated rings. The Morgan fingerprint density at radius 2 is 2.24 bits per heavy atom. The Balaban J connectivity index is 2.81. The van der Waals surface area contributed by atoms with Gasteiger partial charge >= 0.3 is 0 Å². The molecule has 0 aliphatic heterocycles. The molecule has 0 spiro atoms. The number of hydrogen-bond donors (Lipinski definition) is 1. The molecule has 0 unspecified atom stereocenters. The van der Waals surface area contributed by atoms with Crippen LogP contribution in [0, 0.1) is 0 Å². The van der Waals surface area contributed by atoms with Crippen LogP contribution in [0.5, 0.6) is 5.88 Å². The highest BCUT2D eigenvalue weighted by Crippen LogP contribution is 2.16. The second kappa shape index (κ2) is 6.95. The molecular weight excluding hydrogens is 230 g/mol. The molecule has 0 atom stereocenters. The smallest absolute Gasteiger partial charge is 0.255 e. The fraction of sp³-hybridized carbons (Fsp3) is 0.600. The third-order valence-electron chi connectivity index (χ3n) is 2.00. The Labute approximate surface area is 98.6 Å². The van der Waals surface area contributed by atoms with Crippen molar-refractivity contribution in [3.05, 3.63) is 12.4 Å². The fourth-order valence-corrected chi connectivity index (χ4v) is 1.35. The molecule has 5 nitrogen and oxygen atoms in total. The average molecular weight is 246 g/mol. The van der Waals surface area contributed by atoms with E-state index in [1.165, 1.54) is 17.3 Å². The summed E-state index contributed by atoms with van der Waals surface area (Å²) in [6.45, 7) is 2.47. The lowest BCUT2D eigenvalue weighted by molar-refractivity contribution is 0.154. The first-order valence-electron chi connectivity index (χ1n) is 5.35. The van der Waals surface area contributed by atoms with Gasteiger partial charge in [-0.3, -0.25) is 0 Å². The van der Waals surface area contributed by atoms with E-state index in [0.717, 1.165) is 0 Å². The van der Waals surface area contributed by atoms with Crippen molar-refractivity contribution in [3.63, 3.8) is 0 Å². The van der Waals surface area contributed by atoms with Crippen LogP contribution in [-0.2, 0) is 0 Å². The van der Waals surface area contributed by atoms with E-state index in [9.17, 15) is 8.78 Å². The molecule has 0 aliphatic rings. The summed E-state index contributed by atoms with van der Waals surface area (Å²) in [5.74, 6) is 0.767. The molecule has 0 radical (unpaired) electrons. The summed E-state index contributed by atoms with van der Waals surface area (Å²) in [7, 11) is 0. The van der Waals surface area contributed by atoms with Gasteiger partial charge in [0.2, 0.25) is 5.88 Å². The Bertz CT molecular complexity index is 338. The van der Waals surface area contributed by atoms with Crippen LogP contribution in [0.15, 0.2) is 12.4 Å². The Hall–Kier alpha value is -1.50. The zero-order valence-electron chi connectivity index (χ0n) is 9.64. The highest BCUT2D eigenvalue weighted by molar-refractivity contribution is 5.40. The van der Waals surface area contributed by atoms with Gasteiger partial charge in [0.25, 0.3) is 6.43 Å². The van der Waals surface area contributed by atoms with Gasteiger partial charge < -0.3 is 15.4 Å². The molecule has 1 aromatic heterocycles. The largest absolute Gasteiger partial charge is 0.478 e. The van der Waals surface area contributed by atoms with Crippen LogP contribution in [0.3, 0.4) is 0 Å². The van der Waals surface area contributed by atoms with E-state index in [1.807, 2.05) is 6.92 Å². The third kappa shape index (κ3) is 4.48. The molecule has 2 N–H and O–H groups in total. The van der Waals surface area contributed by atoms with Gasteiger partial charge in [0.05, 0.1) is 13.2 Å². The van der Waals surface area contributed by atoms with Crippen molar-refractivity contribution in [1.29, 1.82) is 0 Å². The van der Waals surface area contributed by atoms with Crippen molar-refractivity contribution >= 4 is 5.82 Å². The van der Waals surface area contributed by atoms with E-state index in [0.29, 0.717) is 24.8 Å². The van der Waals surface area contributed by atoms with Gasteiger partial charge in [-0.05, 0) is 6.92 Å². The summed E-state index contributed by atoms with van der Waals surface area (Å²) < 4.78 is 30.0. The highest BCUT2D eigenvalue weighted by atomic mass is 19.3. The maximum absolute atomic E-state index is 12.4. The molecule has 0 aromatic carbocycles. The number of ether oxygens (including phenoxy) is 1. The fourth-order valence-electron chi connectivity index (χ4n) is 1.35. The number of hydrogen-bond acceptors (Lipinski definition) is 5. The summed E-state index contributed by atoms with van der Waals surface area (Å²) in [6.07, 6.45) is -1.15. The first kappa shape index (κ1) is 13.6. The number of anilines is 1. The SMILES string of the molecule is CCOc1cc(N(CCN)CC(F)F)ncn1. The van der Waals surface area contributed by atoms with E-state index in [-0.39, 0.29) is 6.54 Å². The zero-order chi connectivity index (χ0) is 12.7. The van der Waals surface area contributed by atoms with Crippen LogP contribution in [0.1, 0.15) is 6.92 Å². The molecule has 1 rings (SSSR count). The summed E-state index contributed by atoms with van der Waals surface area (Å²) in [4.78, 5) is 9.22. The standard InChI is InChI=1S/C10H16F2N4O/c1-2-17-10-5-9(14-7-15-10)16(4-3-13)6-8(11)12/h5,7-8H,2-4,6,13H2,1H3. The number of aromatic nitrogens is 2. The van der Waals surface area contributed by atoms with Crippen LogP contribution < -0.4 is 15.4 Å². The molecule has 0 amide bonds. The summed E-state index contributed by atoms with van der Waals surface area (Å²) in [5, 5.41) is 0. The zero-order valence-corrected chi connectivity index (χ0v) is 9.64. The lowest BCUT2D eigenvalue weighted by atomic mass is 10.4. The number of halogens is 2. The molecular formula is C10H16F2N4O. The van der Waals surface area contributed by atoms with E-state index < -0.39 is 13.0 Å². The molecule has 0 aliphatic carbocycles. The molecule has 17 heavy (non-hydrogen) atoms. The Kier molecular flexibility index (Phi) is 5.55. The molecule has 0 saturated carbocycles. The van der Waals surface area contributed by atoms with Crippen LogP contribution in [0.25, 0.3) is 0 Å². The molecule has 96 valence electrons. The van der Waals surface area contributed by atoms with E-state index in [4.69, 9.17) is 10.5 Å². The lowest BCUT2D eigenvalue weighted by Gasteiger charge is -2.22. The first-order valence-corrected chi connectivity index (χ1v) is 5.35. The van der Waals surface area contributed by atoms with Gasteiger partial charge in [-0.15, -0.1) is 0 Å². The maximum Gasteiger partial charge on any atom is 0.255 e. The molecule has 1 heterocycles. The van der Waals surface area contributed by atoms with Gasteiger partial charge in [-0.25, -0.2) is 18.7 Å². The van der Waals surface area contributed by atoms with Gasteiger partial charge in [-0.1, -0.05) is 0 Å². The topological polar surface area (TPSA) is 64.3 Å². The average Bonchev–Trinajstić information content (AvgIpc) is 2.29. The van der Waals surface area contributed by atoms with Crippen LogP contribution in [-0.4, -0.2) is 42.6 Å². The van der Waals surface area contributed by atoms with Gasteiger partial charge in [0, 0.05) is 19.2 Å².